The molecule has 266 valence electrons. The molecule has 2 aromatic heterocycles. The smallest absolute Gasteiger partial charge is 0.164 e. The highest BCUT2D eigenvalue weighted by Crippen LogP contribution is 2.45. The van der Waals surface area contributed by atoms with Crippen molar-refractivity contribution in [2.24, 2.45) is 0 Å². The van der Waals surface area contributed by atoms with Crippen LogP contribution in [0.3, 0.4) is 0 Å². The lowest BCUT2D eigenvalue weighted by Crippen LogP contribution is -2.01. The minimum absolute atomic E-state index is 0.584. The normalized spacial score (nSPS) is 11.5. The number of rotatable bonds is 6. The van der Waals surface area contributed by atoms with Crippen LogP contribution in [-0.2, 0) is 0 Å². The van der Waals surface area contributed by atoms with Crippen molar-refractivity contribution in [3.63, 3.8) is 0 Å². The fourth-order valence-corrected chi connectivity index (χ4v) is 8.25. The van der Waals surface area contributed by atoms with Crippen LogP contribution in [0.25, 0.3) is 111 Å². The molecule has 57 heavy (non-hydrogen) atoms. The van der Waals surface area contributed by atoms with Crippen LogP contribution < -0.4 is 0 Å². The van der Waals surface area contributed by atoms with E-state index in [0.717, 1.165) is 88.2 Å². The van der Waals surface area contributed by atoms with Crippen LogP contribution in [0.4, 0.5) is 0 Å². The van der Waals surface area contributed by atoms with E-state index in [1.54, 1.807) is 0 Å². The summed E-state index contributed by atoms with van der Waals surface area (Å²) in [6.45, 7) is 0. The number of hydrogen-bond acceptors (Lipinski definition) is 4. The molecule has 0 spiro atoms. The molecule has 9 aromatic carbocycles. The van der Waals surface area contributed by atoms with Crippen molar-refractivity contribution in [3.8, 4) is 67.5 Å². The van der Waals surface area contributed by atoms with Gasteiger partial charge in [-0.3, -0.25) is 0 Å². The van der Waals surface area contributed by atoms with Gasteiger partial charge in [-0.05, 0) is 79.7 Å². The minimum atomic E-state index is 0.584. The van der Waals surface area contributed by atoms with Crippen LogP contribution in [0.5, 0.6) is 0 Å². The highest BCUT2D eigenvalue weighted by molar-refractivity contribution is 6.17. The maximum absolute atomic E-state index is 6.90. The van der Waals surface area contributed by atoms with E-state index in [-0.39, 0.29) is 0 Å². The molecule has 0 saturated heterocycles. The molecule has 0 fully saturated rings. The number of nitrogens with zero attached hydrogens (tertiary/aromatic N) is 3. The molecular formula is C53H33N3O. The van der Waals surface area contributed by atoms with Crippen molar-refractivity contribution in [1.82, 2.24) is 15.0 Å². The topological polar surface area (TPSA) is 51.8 Å². The summed E-state index contributed by atoms with van der Waals surface area (Å²) in [6.07, 6.45) is 0. The van der Waals surface area contributed by atoms with Gasteiger partial charge in [0, 0.05) is 33.0 Å². The Hall–Kier alpha value is -7.69. The van der Waals surface area contributed by atoms with Gasteiger partial charge in [-0.25, -0.2) is 15.0 Å². The van der Waals surface area contributed by atoms with Crippen LogP contribution >= 0.6 is 0 Å². The zero-order valence-electron chi connectivity index (χ0n) is 30.8. The maximum Gasteiger partial charge on any atom is 0.164 e. The van der Waals surface area contributed by atoms with Crippen molar-refractivity contribution in [1.29, 1.82) is 0 Å². The van der Waals surface area contributed by atoms with E-state index < -0.39 is 0 Å². The van der Waals surface area contributed by atoms with E-state index >= 15 is 0 Å². The maximum atomic E-state index is 6.90. The lowest BCUT2D eigenvalue weighted by Gasteiger charge is -2.15. The Bertz CT molecular complexity index is 3280. The molecule has 0 amide bonds. The van der Waals surface area contributed by atoms with Crippen molar-refractivity contribution < 1.29 is 4.42 Å². The van der Waals surface area contributed by atoms with E-state index in [0.29, 0.717) is 17.5 Å². The quantitative estimate of drug-likeness (QED) is 0.160. The molecule has 0 aliphatic carbocycles. The second-order valence-electron chi connectivity index (χ2n) is 14.3. The molecule has 0 N–H and O–H groups in total. The third-order valence-electron chi connectivity index (χ3n) is 10.9. The average molecular weight is 728 g/mol. The first-order valence-corrected chi connectivity index (χ1v) is 19.2. The summed E-state index contributed by atoms with van der Waals surface area (Å²) >= 11 is 0. The molecule has 0 radical (unpaired) electrons. The summed E-state index contributed by atoms with van der Waals surface area (Å²) in [6, 6.07) is 69.8. The summed E-state index contributed by atoms with van der Waals surface area (Å²) in [5.74, 6) is 1.81. The highest BCUT2D eigenvalue weighted by atomic mass is 16.3. The molecule has 11 rings (SSSR count). The lowest BCUT2D eigenvalue weighted by molar-refractivity contribution is 0.670. The van der Waals surface area contributed by atoms with Crippen LogP contribution in [0.2, 0.25) is 0 Å². The zero-order valence-corrected chi connectivity index (χ0v) is 30.8. The van der Waals surface area contributed by atoms with Gasteiger partial charge in [0.25, 0.3) is 0 Å². The van der Waals surface area contributed by atoms with Gasteiger partial charge in [0.05, 0.1) is 0 Å². The molecule has 0 bridgehead atoms. The van der Waals surface area contributed by atoms with Crippen molar-refractivity contribution in [2.75, 3.05) is 0 Å². The van der Waals surface area contributed by atoms with Gasteiger partial charge in [-0.15, -0.1) is 0 Å². The monoisotopic (exact) mass is 727 g/mol. The first kappa shape index (κ1) is 32.7. The molecule has 4 nitrogen and oxygen atoms in total. The predicted octanol–water partition coefficient (Wildman–Crippen LogP) is 14.1. The molecule has 0 saturated carbocycles. The number of furan rings is 1. The Morgan fingerprint density at radius 3 is 1.60 bits per heavy atom. The first-order chi connectivity index (χ1) is 28.3. The molecule has 0 aliphatic rings. The van der Waals surface area contributed by atoms with E-state index in [2.05, 4.69) is 170 Å². The molecule has 4 heteroatoms. The Labute approximate surface area is 329 Å². The summed E-state index contributed by atoms with van der Waals surface area (Å²) in [5.41, 5.74) is 11.0. The van der Waals surface area contributed by atoms with Crippen molar-refractivity contribution in [2.45, 2.75) is 0 Å². The van der Waals surface area contributed by atoms with Crippen LogP contribution in [-0.4, -0.2) is 15.0 Å². The first-order valence-electron chi connectivity index (χ1n) is 19.2. The SMILES string of the molecule is c1ccc(-c2ccc(-c3ccccc3)c(-c3ccc(-c4nc(-c5ccccc5)nc(-c5cc6ccccc6c6ccccc56)n4)c4c3oc3ccccc34)c2)cc1. The Morgan fingerprint density at radius 2 is 0.842 bits per heavy atom. The van der Waals surface area contributed by atoms with E-state index in [4.69, 9.17) is 19.4 Å². The number of aromatic nitrogens is 3. The van der Waals surface area contributed by atoms with Crippen LogP contribution in [0.1, 0.15) is 0 Å². The Kier molecular flexibility index (Phi) is 7.78. The van der Waals surface area contributed by atoms with Crippen molar-refractivity contribution >= 4 is 43.5 Å². The molecule has 2 heterocycles. The standard InChI is InChI=1S/C53H33N3O/c1-4-16-34(17-5-1)37-28-29-40(35-18-6-2-7-19-35)46(32-37)43-30-31-45(49-44-26-14-15-27-48(44)57-50(43)49)52-54-51(36-20-8-3-9-21-36)55-53(56-52)47-33-38-22-10-11-23-39(38)41-24-12-13-25-42(41)47/h1-33H. The fraction of sp³-hybridized carbons (Fsp3) is 0. The van der Waals surface area contributed by atoms with Gasteiger partial charge in [-0.1, -0.05) is 170 Å². The van der Waals surface area contributed by atoms with Gasteiger partial charge in [-0.2, -0.15) is 0 Å². The molecular weight excluding hydrogens is 695 g/mol. The number of benzene rings is 9. The molecule has 0 unspecified atom stereocenters. The molecule has 0 aliphatic heterocycles. The third kappa shape index (κ3) is 5.66. The highest BCUT2D eigenvalue weighted by Gasteiger charge is 2.23. The zero-order chi connectivity index (χ0) is 37.7. The Balaban J connectivity index is 1.20. The number of fused-ring (bicyclic) bond motifs is 6. The average Bonchev–Trinajstić information content (AvgIpc) is 3.69. The van der Waals surface area contributed by atoms with E-state index in [9.17, 15) is 0 Å². The van der Waals surface area contributed by atoms with Crippen LogP contribution in [0, 0.1) is 0 Å². The third-order valence-corrected chi connectivity index (χ3v) is 10.9. The van der Waals surface area contributed by atoms with Gasteiger partial charge in [0.1, 0.15) is 11.2 Å². The largest absolute Gasteiger partial charge is 0.455 e. The van der Waals surface area contributed by atoms with Gasteiger partial charge in [0.2, 0.25) is 0 Å². The number of hydrogen-bond donors (Lipinski definition) is 0. The van der Waals surface area contributed by atoms with Gasteiger partial charge in [0.15, 0.2) is 17.5 Å². The second-order valence-corrected chi connectivity index (χ2v) is 14.3. The summed E-state index contributed by atoms with van der Waals surface area (Å²) in [5, 5.41) is 6.55. The summed E-state index contributed by atoms with van der Waals surface area (Å²) < 4.78 is 6.90. The summed E-state index contributed by atoms with van der Waals surface area (Å²) in [4.78, 5) is 15.8. The molecule has 0 atom stereocenters. The lowest BCUT2D eigenvalue weighted by atomic mass is 9.89. The predicted molar refractivity (Wildman–Crippen MR) is 235 cm³/mol. The van der Waals surface area contributed by atoms with Crippen molar-refractivity contribution in [3.05, 3.63) is 200 Å². The summed E-state index contributed by atoms with van der Waals surface area (Å²) in [7, 11) is 0. The fourth-order valence-electron chi connectivity index (χ4n) is 8.25. The number of para-hydroxylation sites is 1. The second kappa shape index (κ2) is 13.6. The van der Waals surface area contributed by atoms with E-state index in [1.807, 2.05) is 30.3 Å². The van der Waals surface area contributed by atoms with E-state index in [1.165, 1.54) is 5.39 Å². The van der Waals surface area contributed by atoms with Gasteiger partial charge < -0.3 is 4.42 Å². The molecule has 11 aromatic rings. The van der Waals surface area contributed by atoms with Gasteiger partial charge >= 0.3 is 0 Å². The Morgan fingerprint density at radius 1 is 0.298 bits per heavy atom. The van der Waals surface area contributed by atoms with Crippen LogP contribution in [0.15, 0.2) is 205 Å². The minimum Gasteiger partial charge on any atom is -0.455 e.